The van der Waals surface area contributed by atoms with Crippen LogP contribution < -0.4 is 11.3 Å². The molecule has 0 bridgehead atoms. The zero-order chi connectivity index (χ0) is 15.4. The molecule has 0 radical (unpaired) electrons. The van der Waals surface area contributed by atoms with Crippen LogP contribution in [0.1, 0.15) is 11.1 Å². The standard InChI is InChI=1S/C15H14Cl4N2/c16-11-2-4-13(17)10(7-11)8-12(21-20)5-9-1-3-14(18)15(19)6-9/h1-4,6-7,12,21H,5,8,20H2. The fourth-order valence-corrected chi connectivity index (χ4v) is 2.82. The highest BCUT2D eigenvalue weighted by molar-refractivity contribution is 6.42. The van der Waals surface area contributed by atoms with Crippen LogP contribution in [-0.4, -0.2) is 6.04 Å². The van der Waals surface area contributed by atoms with Gasteiger partial charge in [-0.2, -0.15) is 0 Å². The van der Waals surface area contributed by atoms with Crippen molar-refractivity contribution in [2.45, 2.75) is 18.9 Å². The Balaban J connectivity index is 2.12. The Morgan fingerprint density at radius 3 is 2.24 bits per heavy atom. The monoisotopic (exact) mass is 362 g/mol. The van der Waals surface area contributed by atoms with Crippen molar-refractivity contribution in [3.63, 3.8) is 0 Å². The van der Waals surface area contributed by atoms with Crippen molar-refractivity contribution < 1.29 is 0 Å². The van der Waals surface area contributed by atoms with Crippen LogP contribution in [0.5, 0.6) is 0 Å². The van der Waals surface area contributed by atoms with E-state index in [2.05, 4.69) is 5.43 Å². The largest absolute Gasteiger partial charge is 0.271 e. The van der Waals surface area contributed by atoms with Crippen molar-refractivity contribution in [2.75, 3.05) is 0 Å². The molecule has 2 rings (SSSR count). The molecule has 0 saturated carbocycles. The maximum Gasteiger partial charge on any atom is 0.0595 e. The number of benzene rings is 2. The van der Waals surface area contributed by atoms with Gasteiger partial charge in [-0.1, -0.05) is 52.5 Å². The first-order chi connectivity index (χ1) is 9.99. The molecule has 1 unspecified atom stereocenters. The molecule has 1 atom stereocenters. The number of hydrazine groups is 1. The minimum Gasteiger partial charge on any atom is -0.271 e. The van der Waals surface area contributed by atoms with E-state index in [1.54, 1.807) is 18.2 Å². The van der Waals surface area contributed by atoms with Crippen LogP contribution in [0, 0.1) is 0 Å². The summed E-state index contributed by atoms with van der Waals surface area (Å²) in [5.41, 5.74) is 4.80. The molecule has 3 N–H and O–H groups in total. The molecule has 0 aliphatic heterocycles. The topological polar surface area (TPSA) is 38.0 Å². The summed E-state index contributed by atoms with van der Waals surface area (Å²) in [6.07, 6.45) is 1.37. The lowest BCUT2D eigenvalue weighted by molar-refractivity contribution is 0.522. The molecule has 112 valence electrons. The normalized spacial score (nSPS) is 12.4. The second-order valence-corrected chi connectivity index (χ2v) is 6.41. The second kappa shape index (κ2) is 7.68. The molecule has 0 aromatic heterocycles. The molecule has 0 heterocycles. The Kier molecular flexibility index (Phi) is 6.18. The van der Waals surface area contributed by atoms with E-state index in [4.69, 9.17) is 52.2 Å². The minimum absolute atomic E-state index is 0.0122. The first-order valence-corrected chi connectivity index (χ1v) is 7.84. The van der Waals surface area contributed by atoms with E-state index in [1.807, 2.05) is 18.2 Å². The Hall–Kier alpha value is -0.480. The summed E-state index contributed by atoms with van der Waals surface area (Å²) in [4.78, 5) is 0. The first kappa shape index (κ1) is 16.9. The van der Waals surface area contributed by atoms with Crippen molar-refractivity contribution >= 4 is 46.4 Å². The molecule has 0 fully saturated rings. The Labute approximate surface area is 144 Å². The summed E-state index contributed by atoms with van der Waals surface area (Å²) in [5.74, 6) is 5.64. The summed E-state index contributed by atoms with van der Waals surface area (Å²) in [5, 5.41) is 2.40. The van der Waals surface area contributed by atoms with Crippen LogP contribution >= 0.6 is 46.4 Å². The van der Waals surface area contributed by atoms with Crippen molar-refractivity contribution in [1.82, 2.24) is 5.43 Å². The summed E-state index contributed by atoms with van der Waals surface area (Å²) < 4.78 is 0. The lowest BCUT2D eigenvalue weighted by atomic mass is 9.99. The van der Waals surface area contributed by atoms with E-state index in [0.29, 0.717) is 32.9 Å². The van der Waals surface area contributed by atoms with Crippen LogP contribution in [0.3, 0.4) is 0 Å². The molecule has 6 heteroatoms. The van der Waals surface area contributed by atoms with Gasteiger partial charge in [0, 0.05) is 16.1 Å². The van der Waals surface area contributed by atoms with Crippen LogP contribution in [0.15, 0.2) is 36.4 Å². The summed E-state index contributed by atoms with van der Waals surface area (Å²) in [6.45, 7) is 0. The van der Waals surface area contributed by atoms with E-state index in [1.165, 1.54) is 0 Å². The summed E-state index contributed by atoms with van der Waals surface area (Å²) in [6, 6.07) is 11.0. The van der Waals surface area contributed by atoms with Gasteiger partial charge in [0.2, 0.25) is 0 Å². The maximum absolute atomic E-state index is 6.18. The maximum atomic E-state index is 6.18. The van der Waals surface area contributed by atoms with Crippen molar-refractivity contribution in [2.24, 2.45) is 5.84 Å². The van der Waals surface area contributed by atoms with Gasteiger partial charge in [-0.05, 0) is 54.3 Å². The molecule has 0 saturated heterocycles. The van der Waals surface area contributed by atoms with Crippen LogP contribution in [0.4, 0.5) is 0 Å². The number of rotatable bonds is 5. The molecule has 2 nitrogen and oxygen atoms in total. The number of hydrogen-bond donors (Lipinski definition) is 2. The van der Waals surface area contributed by atoms with Gasteiger partial charge >= 0.3 is 0 Å². The molecule has 2 aromatic carbocycles. The van der Waals surface area contributed by atoms with E-state index < -0.39 is 0 Å². The highest BCUT2D eigenvalue weighted by atomic mass is 35.5. The Bertz CT molecular complexity index is 631. The number of nitrogens with two attached hydrogens (primary N) is 1. The lowest BCUT2D eigenvalue weighted by Crippen LogP contribution is -2.38. The van der Waals surface area contributed by atoms with Gasteiger partial charge in [0.15, 0.2) is 0 Å². The van der Waals surface area contributed by atoms with Gasteiger partial charge in [0.1, 0.15) is 0 Å². The quantitative estimate of drug-likeness (QED) is 0.584. The van der Waals surface area contributed by atoms with Crippen LogP contribution in [-0.2, 0) is 12.8 Å². The van der Waals surface area contributed by atoms with Crippen molar-refractivity contribution in [3.8, 4) is 0 Å². The van der Waals surface area contributed by atoms with Gasteiger partial charge in [-0.3, -0.25) is 11.3 Å². The average molecular weight is 364 g/mol. The minimum atomic E-state index is 0.0122. The molecule has 0 amide bonds. The highest BCUT2D eigenvalue weighted by Crippen LogP contribution is 2.25. The predicted octanol–water partition coefficient (Wildman–Crippen LogP) is 4.92. The van der Waals surface area contributed by atoms with E-state index in [9.17, 15) is 0 Å². The SMILES string of the molecule is NNC(Cc1ccc(Cl)c(Cl)c1)Cc1cc(Cl)ccc1Cl. The molecule has 21 heavy (non-hydrogen) atoms. The highest BCUT2D eigenvalue weighted by Gasteiger charge is 2.12. The van der Waals surface area contributed by atoms with Crippen molar-refractivity contribution in [1.29, 1.82) is 0 Å². The molecule has 2 aromatic rings. The van der Waals surface area contributed by atoms with E-state index in [0.717, 1.165) is 11.1 Å². The third kappa shape index (κ3) is 4.75. The predicted molar refractivity (Wildman–Crippen MR) is 91.4 cm³/mol. The fourth-order valence-electron chi connectivity index (χ4n) is 2.11. The third-order valence-electron chi connectivity index (χ3n) is 3.18. The molecule has 0 spiro atoms. The van der Waals surface area contributed by atoms with Gasteiger partial charge in [-0.15, -0.1) is 0 Å². The first-order valence-electron chi connectivity index (χ1n) is 6.33. The third-order valence-corrected chi connectivity index (χ3v) is 4.52. The number of nitrogens with one attached hydrogen (secondary N) is 1. The van der Waals surface area contributed by atoms with Gasteiger partial charge in [0.25, 0.3) is 0 Å². The van der Waals surface area contributed by atoms with Crippen LogP contribution in [0.25, 0.3) is 0 Å². The van der Waals surface area contributed by atoms with E-state index >= 15 is 0 Å². The molecule has 0 aliphatic carbocycles. The van der Waals surface area contributed by atoms with Crippen LogP contribution in [0.2, 0.25) is 20.1 Å². The summed E-state index contributed by atoms with van der Waals surface area (Å²) >= 11 is 24.1. The lowest BCUT2D eigenvalue weighted by Gasteiger charge is -2.17. The van der Waals surface area contributed by atoms with E-state index in [-0.39, 0.29) is 6.04 Å². The molecule has 0 aliphatic rings. The zero-order valence-corrected chi connectivity index (χ0v) is 14.1. The summed E-state index contributed by atoms with van der Waals surface area (Å²) in [7, 11) is 0. The molecular weight excluding hydrogens is 350 g/mol. The molecular formula is C15H14Cl4N2. The number of hydrogen-bond acceptors (Lipinski definition) is 2. The zero-order valence-electron chi connectivity index (χ0n) is 11.0. The average Bonchev–Trinajstić information content (AvgIpc) is 2.46. The van der Waals surface area contributed by atoms with Gasteiger partial charge < -0.3 is 0 Å². The van der Waals surface area contributed by atoms with Crippen molar-refractivity contribution in [3.05, 3.63) is 67.6 Å². The smallest absolute Gasteiger partial charge is 0.0595 e. The van der Waals surface area contributed by atoms with Gasteiger partial charge in [-0.25, -0.2) is 0 Å². The second-order valence-electron chi connectivity index (χ2n) is 4.76. The van der Waals surface area contributed by atoms with Gasteiger partial charge in [0.05, 0.1) is 10.0 Å². The Morgan fingerprint density at radius 1 is 0.857 bits per heavy atom. The Morgan fingerprint density at radius 2 is 1.57 bits per heavy atom. The number of halogens is 4. The fraction of sp³-hybridized carbons (Fsp3) is 0.200.